The molecule has 0 saturated carbocycles. The van der Waals surface area contributed by atoms with Gasteiger partial charge in [-0.3, -0.25) is 4.98 Å². The summed E-state index contributed by atoms with van der Waals surface area (Å²) in [6.45, 7) is 0. The summed E-state index contributed by atoms with van der Waals surface area (Å²) in [4.78, 5) is 17.9. The fourth-order valence-corrected chi connectivity index (χ4v) is 4.84. The number of anilines is 5. The number of nitrogens with zero attached hydrogens (tertiary/aromatic N) is 4. The van der Waals surface area contributed by atoms with Crippen LogP contribution in [0.2, 0.25) is 5.02 Å². The third-order valence-electron chi connectivity index (χ3n) is 6.58. The van der Waals surface area contributed by atoms with Gasteiger partial charge in [0.25, 0.3) is 0 Å². The lowest BCUT2D eigenvalue weighted by Gasteiger charge is -2.20. The molecule has 1 atom stereocenters. The van der Waals surface area contributed by atoms with Gasteiger partial charge in [-0.05, 0) is 71.8 Å². The van der Waals surface area contributed by atoms with Crippen molar-refractivity contribution in [2.75, 3.05) is 29.2 Å². The number of pyridine rings is 1. The molecule has 2 aromatic heterocycles. The van der Waals surface area contributed by atoms with E-state index >= 15 is 0 Å². The van der Waals surface area contributed by atoms with Gasteiger partial charge in [0, 0.05) is 34.4 Å². The van der Waals surface area contributed by atoms with Crippen molar-refractivity contribution >= 4 is 62.9 Å². The van der Waals surface area contributed by atoms with E-state index in [9.17, 15) is 0 Å². The van der Waals surface area contributed by atoms with Crippen molar-refractivity contribution in [3.63, 3.8) is 0 Å². The Morgan fingerprint density at radius 1 is 1.00 bits per heavy atom. The summed E-state index contributed by atoms with van der Waals surface area (Å²) in [5.74, 6) is 1.56. The molecule has 0 spiro atoms. The van der Waals surface area contributed by atoms with Crippen LogP contribution in [0, 0.1) is 0 Å². The van der Waals surface area contributed by atoms with Crippen LogP contribution in [0.15, 0.2) is 84.0 Å². The van der Waals surface area contributed by atoms with Gasteiger partial charge in [0.2, 0.25) is 5.95 Å². The summed E-state index contributed by atoms with van der Waals surface area (Å²) >= 11 is 6.17. The van der Waals surface area contributed by atoms with E-state index in [1.54, 1.807) is 13.3 Å². The van der Waals surface area contributed by atoms with Gasteiger partial charge in [-0.2, -0.15) is 9.97 Å². The Morgan fingerprint density at radius 2 is 1.85 bits per heavy atom. The van der Waals surface area contributed by atoms with Gasteiger partial charge in [-0.15, -0.1) is 0 Å². The highest BCUT2D eigenvalue weighted by Crippen LogP contribution is 2.38. The average Bonchev–Trinajstić information content (AvgIpc) is 3.13. The number of aliphatic imine (C=N–C) groups is 1. The van der Waals surface area contributed by atoms with Gasteiger partial charge >= 0.3 is 0 Å². The van der Waals surface area contributed by atoms with Crippen molar-refractivity contribution in [3.8, 4) is 5.75 Å². The van der Waals surface area contributed by atoms with Crippen molar-refractivity contribution in [2.24, 2.45) is 4.99 Å². The van der Waals surface area contributed by atoms with Gasteiger partial charge in [0.15, 0.2) is 11.6 Å². The van der Waals surface area contributed by atoms with Crippen LogP contribution in [0.25, 0.3) is 10.9 Å². The fourth-order valence-electron chi connectivity index (χ4n) is 4.68. The standard InChI is InChI=1S/C29H25ClN8O/c1-39-20-8-5-16(6-9-20)23-15-24(36-28-26(35-23)27(31)37-29(32)38-28)17-3-2-4-19(13-17)34-22-11-12-33-25-14-18(30)7-10-21(22)25/h2-14,24H,15H2,1H3,(H,33,34)(H5,31,32,36,37,38). The zero-order valence-corrected chi connectivity index (χ0v) is 21.8. The molecule has 0 fully saturated rings. The van der Waals surface area contributed by atoms with Crippen molar-refractivity contribution in [1.29, 1.82) is 0 Å². The van der Waals surface area contributed by atoms with Crippen LogP contribution in [0.3, 0.4) is 0 Å². The largest absolute Gasteiger partial charge is 0.497 e. The third kappa shape index (κ3) is 4.99. The van der Waals surface area contributed by atoms with E-state index < -0.39 is 0 Å². The Kier molecular flexibility index (Phi) is 6.34. The molecular formula is C29H25ClN8O. The minimum Gasteiger partial charge on any atom is -0.497 e. The maximum Gasteiger partial charge on any atom is 0.224 e. The second-order valence-corrected chi connectivity index (χ2v) is 9.56. The first-order valence-corrected chi connectivity index (χ1v) is 12.7. The zero-order valence-electron chi connectivity index (χ0n) is 21.0. The van der Waals surface area contributed by atoms with Gasteiger partial charge in [-0.25, -0.2) is 4.99 Å². The molecule has 0 radical (unpaired) electrons. The van der Waals surface area contributed by atoms with Crippen LogP contribution in [-0.4, -0.2) is 27.8 Å². The summed E-state index contributed by atoms with van der Waals surface area (Å²) in [5, 5.41) is 8.66. The first-order chi connectivity index (χ1) is 19.0. The maximum absolute atomic E-state index is 6.22. The number of ether oxygens (including phenoxy) is 1. The highest BCUT2D eigenvalue weighted by atomic mass is 35.5. The van der Waals surface area contributed by atoms with Crippen LogP contribution in [0.4, 0.5) is 34.6 Å². The molecule has 5 aromatic rings. The van der Waals surface area contributed by atoms with Crippen LogP contribution >= 0.6 is 11.6 Å². The lowest BCUT2D eigenvalue weighted by molar-refractivity contribution is 0.415. The molecule has 0 amide bonds. The van der Waals surface area contributed by atoms with E-state index in [1.165, 1.54) is 0 Å². The minimum absolute atomic E-state index is 0.0840. The average molecular weight is 537 g/mol. The molecule has 3 heterocycles. The Hall–Kier alpha value is -4.89. The minimum atomic E-state index is -0.171. The monoisotopic (exact) mass is 536 g/mol. The molecule has 194 valence electrons. The first kappa shape index (κ1) is 24.4. The van der Waals surface area contributed by atoms with Gasteiger partial charge in [-0.1, -0.05) is 23.7 Å². The summed E-state index contributed by atoms with van der Waals surface area (Å²) in [6, 6.07) is 23.4. The highest BCUT2D eigenvalue weighted by molar-refractivity contribution is 6.31. The van der Waals surface area contributed by atoms with E-state index in [1.807, 2.05) is 60.7 Å². The Morgan fingerprint density at radius 3 is 2.67 bits per heavy atom. The molecule has 9 nitrogen and oxygen atoms in total. The molecule has 1 aliphatic heterocycles. The molecule has 6 N–H and O–H groups in total. The van der Waals surface area contributed by atoms with Crippen molar-refractivity contribution < 1.29 is 4.74 Å². The molecule has 39 heavy (non-hydrogen) atoms. The van der Waals surface area contributed by atoms with E-state index in [0.717, 1.165) is 44.9 Å². The fraction of sp³-hybridized carbons (Fsp3) is 0.103. The third-order valence-corrected chi connectivity index (χ3v) is 6.81. The molecule has 0 saturated heterocycles. The number of hydrogen-bond donors (Lipinski definition) is 4. The quantitative estimate of drug-likeness (QED) is 0.206. The number of hydrogen-bond acceptors (Lipinski definition) is 9. The van der Waals surface area contributed by atoms with Crippen molar-refractivity contribution in [1.82, 2.24) is 15.0 Å². The molecule has 0 bridgehead atoms. The topological polar surface area (TPSA) is 136 Å². The second kappa shape index (κ2) is 10.1. The molecule has 3 aromatic carbocycles. The number of halogens is 1. The number of benzene rings is 3. The molecule has 0 aliphatic carbocycles. The molecule has 10 heteroatoms. The summed E-state index contributed by atoms with van der Waals surface area (Å²) in [6.07, 6.45) is 2.34. The Bertz CT molecular complexity index is 1720. The van der Waals surface area contributed by atoms with Crippen molar-refractivity contribution in [3.05, 3.63) is 95.1 Å². The summed E-state index contributed by atoms with van der Waals surface area (Å²) < 4.78 is 5.33. The number of fused-ring (bicyclic) bond motifs is 2. The van der Waals surface area contributed by atoms with Crippen LogP contribution in [-0.2, 0) is 0 Å². The summed E-state index contributed by atoms with van der Waals surface area (Å²) in [5.41, 5.74) is 18.1. The van der Waals surface area contributed by atoms with Crippen LogP contribution < -0.4 is 26.8 Å². The number of nitrogens with one attached hydrogen (secondary N) is 2. The maximum atomic E-state index is 6.22. The van der Waals surface area contributed by atoms with Gasteiger partial charge in [0.05, 0.1) is 24.4 Å². The van der Waals surface area contributed by atoms with Crippen LogP contribution in [0.1, 0.15) is 23.6 Å². The van der Waals surface area contributed by atoms with Crippen molar-refractivity contribution in [2.45, 2.75) is 12.5 Å². The predicted molar refractivity (Wildman–Crippen MR) is 158 cm³/mol. The normalized spacial score (nSPS) is 14.6. The molecule has 1 unspecified atom stereocenters. The molecule has 6 rings (SSSR count). The molecule has 1 aliphatic rings. The number of nitrogens with two attached hydrogens (primary N) is 2. The number of methoxy groups -OCH3 is 1. The SMILES string of the molecule is COc1ccc(C2=Nc3c(N)nc(N)nc3NC(c3cccc(Nc4ccnc5cc(Cl)ccc45)c3)C2)cc1. The number of aromatic nitrogens is 3. The lowest BCUT2D eigenvalue weighted by atomic mass is 9.97. The van der Waals surface area contributed by atoms with Gasteiger partial charge in [0.1, 0.15) is 11.4 Å². The second-order valence-electron chi connectivity index (χ2n) is 9.12. The van der Waals surface area contributed by atoms with E-state index in [4.69, 9.17) is 32.8 Å². The Labute approximate surface area is 229 Å². The molecular weight excluding hydrogens is 512 g/mol. The predicted octanol–water partition coefficient (Wildman–Crippen LogP) is 6.27. The van der Waals surface area contributed by atoms with E-state index in [0.29, 0.717) is 22.9 Å². The lowest BCUT2D eigenvalue weighted by Crippen LogP contribution is -2.15. The summed E-state index contributed by atoms with van der Waals surface area (Å²) in [7, 11) is 1.64. The number of rotatable bonds is 5. The van der Waals surface area contributed by atoms with Gasteiger partial charge < -0.3 is 26.8 Å². The van der Waals surface area contributed by atoms with E-state index in [-0.39, 0.29) is 17.8 Å². The Balaban J connectivity index is 1.38. The van der Waals surface area contributed by atoms with E-state index in [2.05, 4.69) is 37.7 Å². The zero-order chi connectivity index (χ0) is 26.9. The number of nitrogen functional groups attached to an aromatic ring is 2. The first-order valence-electron chi connectivity index (χ1n) is 12.3. The van der Waals surface area contributed by atoms with Crippen LogP contribution in [0.5, 0.6) is 5.75 Å². The smallest absolute Gasteiger partial charge is 0.224 e. The highest BCUT2D eigenvalue weighted by Gasteiger charge is 2.24.